The van der Waals surface area contributed by atoms with E-state index in [2.05, 4.69) is 20.8 Å². The highest BCUT2D eigenvalue weighted by Gasteiger charge is 2.20. The molecule has 1 aliphatic heterocycles. The van der Waals surface area contributed by atoms with Crippen LogP contribution in [-0.4, -0.2) is 22.9 Å². The molecule has 0 amide bonds. The summed E-state index contributed by atoms with van der Waals surface area (Å²) in [7, 11) is 0. The smallest absolute Gasteiger partial charge is 0.275 e. The monoisotopic (exact) mass is 284 g/mol. The Morgan fingerprint density at radius 2 is 2.06 bits per heavy atom. The van der Waals surface area contributed by atoms with Crippen LogP contribution < -0.4 is 0 Å². The Hall–Kier alpha value is -0.940. The highest BCUT2D eigenvalue weighted by Crippen LogP contribution is 2.28. The van der Waals surface area contributed by atoms with Crippen molar-refractivity contribution in [2.24, 2.45) is 0 Å². The summed E-state index contributed by atoms with van der Waals surface area (Å²) in [5.74, 6) is 0. The zero-order valence-corrected chi connectivity index (χ0v) is 10.4. The lowest BCUT2D eigenvalue weighted by Crippen LogP contribution is -2.19. The lowest BCUT2D eigenvalue weighted by atomic mass is 10.1. The van der Waals surface area contributed by atoms with Gasteiger partial charge in [-0.25, -0.2) is 0 Å². The van der Waals surface area contributed by atoms with Crippen LogP contribution >= 0.6 is 15.9 Å². The van der Waals surface area contributed by atoms with Gasteiger partial charge in [0.05, 0.1) is 10.5 Å². The molecule has 0 unspecified atom stereocenters. The predicted molar refractivity (Wildman–Crippen MR) is 65.3 cm³/mol. The third-order valence-corrected chi connectivity index (χ3v) is 3.61. The number of benzene rings is 1. The molecule has 2 rings (SSSR count). The molecule has 0 spiro atoms. The Balaban J connectivity index is 2.26. The molecule has 1 saturated heterocycles. The fraction of sp³-hybridized carbons (Fsp3) is 0.455. The lowest BCUT2D eigenvalue weighted by molar-refractivity contribution is -0.385. The normalized spacial score (nSPS) is 16.6. The van der Waals surface area contributed by atoms with E-state index >= 15 is 0 Å². The molecule has 1 fully saturated rings. The maximum atomic E-state index is 10.9. The van der Waals surface area contributed by atoms with E-state index in [0.717, 1.165) is 23.1 Å². The first kappa shape index (κ1) is 11.5. The summed E-state index contributed by atoms with van der Waals surface area (Å²) in [5.41, 5.74) is 0.996. The number of nitrogens with zero attached hydrogens (tertiary/aromatic N) is 2. The summed E-state index contributed by atoms with van der Waals surface area (Å²) >= 11 is 3.39. The van der Waals surface area contributed by atoms with Gasteiger partial charge in [0, 0.05) is 17.1 Å². The number of rotatable bonds is 3. The number of hydrogen-bond acceptors (Lipinski definition) is 3. The van der Waals surface area contributed by atoms with Crippen LogP contribution in [0.1, 0.15) is 18.4 Å². The van der Waals surface area contributed by atoms with Gasteiger partial charge in [0.15, 0.2) is 0 Å². The molecule has 0 saturated carbocycles. The van der Waals surface area contributed by atoms with Gasteiger partial charge in [-0.2, -0.15) is 0 Å². The van der Waals surface area contributed by atoms with Gasteiger partial charge in [0.25, 0.3) is 5.69 Å². The molecule has 0 atom stereocenters. The minimum Gasteiger partial charge on any atom is -0.299 e. The second-order valence-corrected chi connectivity index (χ2v) is 4.83. The molecule has 16 heavy (non-hydrogen) atoms. The third-order valence-electron chi connectivity index (χ3n) is 2.87. The van der Waals surface area contributed by atoms with E-state index in [9.17, 15) is 10.1 Å². The average Bonchev–Trinajstić information content (AvgIpc) is 2.73. The first-order chi connectivity index (χ1) is 7.68. The first-order valence-electron chi connectivity index (χ1n) is 5.32. The number of hydrogen-bond donors (Lipinski definition) is 0. The molecule has 4 nitrogen and oxygen atoms in total. The summed E-state index contributed by atoms with van der Waals surface area (Å²) in [6, 6.07) is 5.13. The van der Waals surface area contributed by atoms with E-state index in [1.165, 1.54) is 12.8 Å². The van der Waals surface area contributed by atoms with Gasteiger partial charge in [0.2, 0.25) is 0 Å². The maximum absolute atomic E-state index is 10.9. The fourth-order valence-electron chi connectivity index (χ4n) is 2.04. The van der Waals surface area contributed by atoms with Crippen molar-refractivity contribution in [2.75, 3.05) is 13.1 Å². The molecular formula is C11H13BrN2O2. The van der Waals surface area contributed by atoms with Crippen molar-refractivity contribution in [3.63, 3.8) is 0 Å². The van der Waals surface area contributed by atoms with Crippen molar-refractivity contribution in [1.82, 2.24) is 4.90 Å². The average molecular weight is 285 g/mol. The zero-order chi connectivity index (χ0) is 11.5. The van der Waals surface area contributed by atoms with E-state index in [1.807, 2.05) is 6.07 Å². The Bertz CT molecular complexity index is 403. The minimum atomic E-state index is -0.309. The van der Waals surface area contributed by atoms with E-state index in [1.54, 1.807) is 12.1 Å². The van der Waals surface area contributed by atoms with E-state index in [4.69, 9.17) is 0 Å². The molecule has 1 aliphatic rings. The first-order valence-corrected chi connectivity index (χ1v) is 6.12. The van der Waals surface area contributed by atoms with Crippen LogP contribution in [0.5, 0.6) is 0 Å². The van der Waals surface area contributed by atoms with Crippen LogP contribution in [0.3, 0.4) is 0 Å². The van der Waals surface area contributed by atoms with Crippen LogP contribution in [0, 0.1) is 10.1 Å². The van der Waals surface area contributed by atoms with Crippen LogP contribution in [0.15, 0.2) is 22.7 Å². The molecule has 1 heterocycles. The van der Waals surface area contributed by atoms with Crippen LogP contribution in [0.4, 0.5) is 5.69 Å². The van der Waals surface area contributed by atoms with E-state index in [-0.39, 0.29) is 10.6 Å². The van der Waals surface area contributed by atoms with Gasteiger partial charge < -0.3 is 0 Å². The van der Waals surface area contributed by atoms with Crippen molar-refractivity contribution in [3.05, 3.63) is 38.3 Å². The minimum absolute atomic E-state index is 0.210. The fourth-order valence-corrected chi connectivity index (χ4v) is 2.52. The standard InChI is InChI=1S/C11H13BrN2O2/c12-10-4-3-5-11(14(15)16)9(10)8-13-6-1-2-7-13/h3-5H,1-2,6-8H2. The van der Waals surface area contributed by atoms with Crippen molar-refractivity contribution in [3.8, 4) is 0 Å². The van der Waals surface area contributed by atoms with Crippen molar-refractivity contribution in [2.45, 2.75) is 19.4 Å². The third kappa shape index (κ3) is 2.41. The van der Waals surface area contributed by atoms with Crippen LogP contribution in [0.25, 0.3) is 0 Å². The molecule has 86 valence electrons. The molecule has 1 aromatic carbocycles. The molecular weight excluding hydrogens is 272 g/mol. The Kier molecular flexibility index (Phi) is 3.56. The van der Waals surface area contributed by atoms with Gasteiger partial charge in [-0.1, -0.05) is 22.0 Å². The largest absolute Gasteiger partial charge is 0.299 e. The Morgan fingerprint density at radius 3 is 2.69 bits per heavy atom. The van der Waals surface area contributed by atoms with Crippen molar-refractivity contribution in [1.29, 1.82) is 0 Å². The van der Waals surface area contributed by atoms with Crippen molar-refractivity contribution < 1.29 is 4.92 Å². The quantitative estimate of drug-likeness (QED) is 0.633. The van der Waals surface area contributed by atoms with Crippen molar-refractivity contribution >= 4 is 21.6 Å². The summed E-state index contributed by atoms with van der Waals surface area (Å²) in [5, 5.41) is 10.9. The maximum Gasteiger partial charge on any atom is 0.275 e. The second-order valence-electron chi connectivity index (χ2n) is 3.98. The molecule has 5 heteroatoms. The topological polar surface area (TPSA) is 46.4 Å². The highest BCUT2D eigenvalue weighted by atomic mass is 79.9. The lowest BCUT2D eigenvalue weighted by Gasteiger charge is -2.15. The Labute approximate surface area is 103 Å². The molecule has 1 aromatic rings. The van der Waals surface area contributed by atoms with E-state index < -0.39 is 0 Å². The second kappa shape index (κ2) is 4.93. The highest BCUT2D eigenvalue weighted by molar-refractivity contribution is 9.10. The van der Waals surface area contributed by atoms with Gasteiger partial charge in [0.1, 0.15) is 0 Å². The molecule has 0 radical (unpaired) electrons. The summed E-state index contributed by atoms with van der Waals surface area (Å²) < 4.78 is 0.827. The number of likely N-dealkylation sites (tertiary alicyclic amines) is 1. The summed E-state index contributed by atoms with van der Waals surface area (Å²) in [4.78, 5) is 12.9. The number of halogens is 1. The van der Waals surface area contributed by atoms with Gasteiger partial charge in [-0.3, -0.25) is 15.0 Å². The molecule has 0 N–H and O–H groups in total. The molecule has 0 aliphatic carbocycles. The molecule has 0 bridgehead atoms. The number of nitro benzene ring substituents is 1. The Morgan fingerprint density at radius 1 is 1.38 bits per heavy atom. The van der Waals surface area contributed by atoms with Crippen LogP contribution in [-0.2, 0) is 6.54 Å². The summed E-state index contributed by atoms with van der Waals surface area (Å²) in [6.45, 7) is 2.74. The predicted octanol–water partition coefficient (Wildman–Crippen LogP) is 2.95. The van der Waals surface area contributed by atoms with Gasteiger partial charge in [-0.15, -0.1) is 0 Å². The SMILES string of the molecule is O=[N+]([O-])c1cccc(Br)c1CN1CCCC1. The zero-order valence-electron chi connectivity index (χ0n) is 8.86. The summed E-state index contributed by atoms with van der Waals surface area (Å²) in [6.07, 6.45) is 2.39. The van der Waals surface area contributed by atoms with E-state index in [0.29, 0.717) is 6.54 Å². The number of nitro groups is 1. The van der Waals surface area contributed by atoms with Gasteiger partial charge >= 0.3 is 0 Å². The van der Waals surface area contributed by atoms with Gasteiger partial charge in [-0.05, 0) is 32.0 Å². The molecule has 0 aromatic heterocycles. The van der Waals surface area contributed by atoms with Crippen LogP contribution in [0.2, 0.25) is 0 Å².